The van der Waals surface area contributed by atoms with Gasteiger partial charge in [-0.15, -0.1) is 5.10 Å². The molecule has 0 aliphatic carbocycles. The second kappa shape index (κ2) is 10.5. The van der Waals surface area contributed by atoms with Crippen molar-refractivity contribution in [3.8, 4) is 17.2 Å². The lowest BCUT2D eigenvalue weighted by molar-refractivity contribution is -0.126. The van der Waals surface area contributed by atoms with Gasteiger partial charge in [0, 0.05) is 18.5 Å². The number of benzene rings is 2. The van der Waals surface area contributed by atoms with Crippen molar-refractivity contribution in [1.29, 1.82) is 0 Å². The van der Waals surface area contributed by atoms with E-state index in [1.165, 1.54) is 11.2 Å². The minimum absolute atomic E-state index is 0.128. The van der Waals surface area contributed by atoms with Crippen LogP contribution < -0.4 is 19.5 Å². The third kappa shape index (κ3) is 5.01. The largest absolute Gasteiger partial charge is 0.497 e. The molecule has 0 radical (unpaired) electrons. The number of hydrogen-bond acceptors (Lipinski definition) is 9. The van der Waals surface area contributed by atoms with Gasteiger partial charge >= 0.3 is 0 Å². The van der Waals surface area contributed by atoms with Gasteiger partial charge < -0.3 is 28.8 Å². The lowest BCUT2D eigenvalue weighted by Gasteiger charge is -2.29. The van der Waals surface area contributed by atoms with Crippen molar-refractivity contribution >= 4 is 23.3 Å². The summed E-state index contributed by atoms with van der Waals surface area (Å²) in [6.07, 6.45) is 1.47. The monoisotopic (exact) mass is 506 g/mol. The van der Waals surface area contributed by atoms with Gasteiger partial charge in [0.05, 0.1) is 13.4 Å². The average molecular weight is 507 g/mol. The first-order valence-electron chi connectivity index (χ1n) is 11.0. The lowest BCUT2D eigenvalue weighted by Crippen LogP contribution is -2.43. The van der Waals surface area contributed by atoms with Crippen molar-refractivity contribution in [2.45, 2.75) is 19.1 Å². The number of nitrogens with one attached hydrogen (secondary N) is 1. The Bertz CT molecular complexity index is 1330. The zero-order valence-electron chi connectivity index (χ0n) is 19.2. The summed E-state index contributed by atoms with van der Waals surface area (Å²) in [4.78, 5) is 28.5. The molecule has 1 N–H and O–H groups in total. The van der Waals surface area contributed by atoms with Gasteiger partial charge in [-0.25, -0.2) is 0 Å². The number of methoxy groups -OCH3 is 1. The minimum Gasteiger partial charge on any atom is -0.497 e. The smallest absolute Gasteiger partial charge is 0.276 e. The van der Waals surface area contributed by atoms with Gasteiger partial charge in [0.15, 0.2) is 23.2 Å². The van der Waals surface area contributed by atoms with Crippen LogP contribution in [-0.2, 0) is 17.9 Å². The van der Waals surface area contributed by atoms with E-state index < -0.39 is 17.9 Å². The van der Waals surface area contributed by atoms with Crippen molar-refractivity contribution in [2.75, 3.05) is 13.9 Å². The van der Waals surface area contributed by atoms with Crippen molar-refractivity contribution in [3.63, 3.8) is 0 Å². The Kier molecular flexibility index (Phi) is 6.80. The molecule has 3 heterocycles. The highest BCUT2D eigenvalue weighted by molar-refractivity contribution is 7.03. The van der Waals surface area contributed by atoms with E-state index in [2.05, 4.69) is 14.9 Å². The predicted molar refractivity (Wildman–Crippen MR) is 129 cm³/mol. The van der Waals surface area contributed by atoms with Crippen LogP contribution in [0.25, 0.3) is 0 Å². The van der Waals surface area contributed by atoms with Crippen LogP contribution in [0.15, 0.2) is 70.7 Å². The zero-order chi connectivity index (χ0) is 24.9. The van der Waals surface area contributed by atoms with E-state index in [0.717, 1.165) is 22.7 Å². The number of fused-ring (bicyclic) bond motifs is 1. The van der Waals surface area contributed by atoms with Gasteiger partial charge in [0.25, 0.3) is 11.8 Å². The molecule has 2 amide bonds. The molecule has 4 aromatic rings. The number of furan rings is 1. The number of ether oxygens (including phenoxy) is 3. The Morgan fingerprint density at radius 2 is 1.92 bits per heavy atom. The van der Waals surface area contributed by atoms with Crippen LogP contribution in [-0.4, -0.2) is 40.2 Å². The first-order valence-corrected chi connectivity index (χ1v) is 11.9. The van der Waals surface area contributed by atoms with Gasteiger partial charge in [0.2, 0.25) is 6.79 Å². The highest BCUT2D eigenvalue weighted by atomic mass is 32.1. The van der Waals surface area contributed by atoms with Crippen LogP contribution in [0.2, 0.25) is 0 Å². The Labute approximate surface area is 210 Å². The van der Waals surface area contributed by atoms with Gasteiger partial charge in [-0.3, -0.25) is 9.59 Å². The number of nitrogens with zero attached hydrogens (tertiary/aromatic N) is 3. The number of amides is 2. The minimum atomic E-state index is -1.05. The molecule has 0 saturated heterocycles. The Morgan fingerprint density at radius 1 is 1.11 bits per heavy atom. The summed E-state index contributed by atoms with van der Waals surface area (Å²) in [6, 6.07) is 15.0. The summed E-state index contributed by atoms with van der Waals surface area (Å²) in [5.74, 6) is 1.43. The maximum Gasteiger partial charge on any atom is 0.276 e. The molecule has 1 aliphatic heterocycles. The van der Waals surface area contributed by atoms with Crippen LogP contribution in [0.5, 0.6) is 17.2 Å². The maximum atomic E-state index is 13.6. The van der Waals surface area contributed by atoms with Crippen LogP contribution in [0.1, 0.15) is 33.4 Å². The van der Waals surface area contributed by atoms with E-state index >= 15 is 0 Å². The Morgan fingerprint density at radius 3 is 2.64 bits per heavy atom. The van der Waals surface area contributed by atoms with Gasteiger partial charge in [0.1, 0.15) is 11.5 Å². The molecule has 11 heteroatoms. The lowest BCUT2D eigenvalue weighted by atomic mass is 10.1. The molecule has 0 fully saturated rings. The number of carbonyl (C=O) groups excluding carboxylic acids is 2. The summed E-state index contributed by atoms with van der Waals surface area (Å²) in [5, 5.41) is 8.39. The Hall–Kier alpha value is -4.38. The second-order valence-electron chi connectivity index (χ2n) is 7.89. The second-order valence-corrected chi connectivity index (χ2v) is 8.50. The number of aromatic nitrogens is 2. The number of hydrogen-bond donors (Lipinski definition) is 1. The average Bonchev–Trinajstić information content (AvgIpc) is 3.69. The fraction of sp³-hybridized carbons (Fsp3) is 0.200. The zero-order valence-corrected chi connectivity index (χ0v) is 20.1. The molecule has 10 nitrogen and oxygen atoms in total. The van der Waals surface area contributed by atoms with Crippen molar-refractivity contribution in [2.24, 2.45) is 0 Å². The third-order valence-electron chi connectivity index (χ3n) is 5.63. The standard InChI is InChI=1S/C25H22N4O6S/c1-32-18-7-4-16(5-8-18)13-29(25(31)19-14-36-28-27-19)23(21-3-2-10-33-21)24(30)26-12-17-6-9-20-22(11-17)35-15-34-20/h2-11,14,23H,12-13,15H2,1H3,(H,26,30)/t23-/m0/s1. The van der Waals surface area contributed by atoms with E-state index in [9.17, 15) is 9.59 Å². The van der Waals surface area contributed by atoms with Crippen molar-refractivity contribution < 1.29 is 28.2 Å². The van der Waals surface area contributed by atoms with E-state index in [4.69, 9.17) is 18.6 Å². The molecule has 0 unspecified atom stereocenters. The molecule has 2 aromatic heterocycles. The van der Waals surface area contributed by atoms with Gasteiger partial charge in [-0.1, -0.05) is 22.7 Å². The molecule has 1 aliphatic rings. The van der Waals surface area contributed by atoms with Crippen molar-refractivity contribution in [1.82, 2.24) is 19.8 Å². The topological polar surface area (TPSA) is 116 Å². The third-order valence-corrected chi connectivity index (χ3v) is 6.13. The number of carbonyl (C=O) groups is 2. The maximum absolute atomic E-state index is 13.6. The summed E-state index contributed by atoms with van der Waals surface area (Å²) in [5.41, 5.74) is 1.77. The molecular formula is C25H22N4O6S. The molecule has 36 heavy (non-hydrogen) atoms. The predicted octanol–water partition coefficient (Wildman–Crippen LogP) is 3.57. The normalized spacial score (nSPS) is 12.7. The highest BCUT2D eigenvalue weighted by Gasteiger charge is 2.35. The molecule has 1 atom stereocenters. The van der Waals surface area contributed by atoms with E-state index in [0.29, 0.717) is 23.0 Å². The molecule has 0 saturated carbocycles. The number of rotatable bonds is 9. The quantitative estimate of drug-likeness (QED) is 0.366. The molecule has 0 spiro atoms. The molecule has 5 rings (SSSR count). The van der Waals surface area contributed by atoms with Crippen LogP contribution in [0, 0.1) is 0 Å². The molecule has 2 aromatic carbocycles. The van der Waals surface area contributed by atoms with Crippen molar-refractivity contribution in [3.05, 3.63) is 88.8 Å². The van der Waals surface area contributed by atoms with E-state index in [1.807, 2.05) is 24.3 Å². The van der Waals surface area contributed by atoms with Crippen LogP contribution >= 0.6 is 11.5 Å². The van der Waals surface area contributed by atoms with E-state index in [1.54, 1.807) is 42.8 Å². The van der Waals surface area contributed by atoms with Crippen LogP contribution in [0.4, 0.5) is 0 Å². The fourth-order valence-corrected chi connectivity index (χ4v) is 4.25. The molecule has 184 valence electrons. The summed E-state index contributed by atoms with van der Waals surface area (Å²) >= 11 is 1.06. The molecular weight excluding hydrogens is 484 g/mol. The van der Waals surface area contributed by atoms with E-state index in [-0.39, 0.29) is 25.6 Å². The Balaban J connectivity index is 1.43. The SMILES string of the molecule is COc1ccc(CN(C(=O)c2csnn2)[C@H](C(=O)NCc2ccc3c(c2)OCO3)c2ccco2)cc1. The summed E-state index contributed by atoms with van der Waals surface area (Å²) in [6.45, 7) is 0.512. The molecule has 0 bridgehead atoms. The first-order chi connectivity index (χ1) is 17.6. The first kappa shape index (κ1) is 23.4. The van der Waals surface area contributed by atoms with Gasteiger partial charge in [-0.2, -0.15) is 0 Å². The van der Waals surface area contributed by atoms with Crippen LogP contribution in [0.3, 0.4) is 0 Å². The fourth-order valence-electron chi connectivity index (χ4n) is 3.82. The van der Waals surface area contributed by atoms with Gasteiger partial charge in [-0.05, 0) is 59.1 Å². The summed E-state index contributed by atoms with van der Waals surface area (Å²) < 4.78 is 25.4. The summed E-state index contributed by atoms with van der Waals surface area (Å²) in [7, 11) is 1.58. The highest BCUT2D eigenvalue weighted by Crippen LogP contribution is 2.33.